The lowest BCUT2D eigenvalue weighted by atomic mass is 10.1. The first-order valence-corrected chi connectivity index (χ1v) is 9.36. The Labute approximate surface area is 155 Å². The molecule has 2 aliphatic rings. The zero-order valence-electron chi connectivity index (χ0n) is 16.0. The highest BCUT2D eigenvalue weighted by molar-refractivity contribution is 6.00. The fourth-order valence-corrected chi connectivity index (χ4v) is 3.90. The third kappa shape index (κ3) is 4.24. The molecule has 1 unspecified atom stereocenters. The lowest BCUT2D eigenvalue weighted by molar-refractivity contribution is -0.137. The number of benzene rings is 1. The van der Waals surface area contributed by atoms with Gasteiger partial charge in [0, 0.05) is 58.5 Å². The van der Waals surface area contributed by atoms with Crippen molar-refractivity contribution < 1.29 is 14.3 Å². The van der Waals surface area contributed by atoms with Crippen LogP contribution in [0.5, 0.6) is 0 Å². The van der Waals surface area contributed by atoms with Gasteiger partial charge in [0.1, 0.15) is 0 Å². The molecule has 2 saturated heterocycles. The fraction of sp³-hybridized carbons (Fsp3) is 0.600. The first-order valence-electron chi connectivity index (χ1n) is 9.36. The minimum Gasteiger partial charge on any atom is -0.383 e. The highest BCUT2D eigenvalue weighted by Crippen LogP contribution is 2.28. The van der Waals surface area contributed by atoms with Gasteiger partial charge in [0.15, 0.2) is 0 Å². The first kappa shape index (κ1) is 18.9. The summed E-state index contributed by atoms with van der Waals surface area (Å²) in [6.45, 7) is 9.38. The molecule has 0 radical (unpaired) electrons. The van der Waals surface area contributed by atoms with Crippen LogP contribution in [0.4, 0.5) is 5.69 Å². The number of ether oxygens (including phenoxy) is 1. The van der Waals surface area contributed by atoms with E-state index in [2.05, 4.69) is 11.0 Å². The van der Waals surface area contributed by atoms with Crippen LogP contribution >= 0.6 is 0 Å². The maximum absolute atomic E-state index is 12.9. The van der Waals surface area contributed by atoms with Gasteiger partial charge in [0.05, 0.1) is 12.5 Å². The van der Waals surface area contributed by atoms with E-state index in [1.165, 1.54) is 0 Å². The van der Waals surface area contributed by atoms with Crippen molar-refractivity contribution in [3.05, 3.63) is 29.3 Å². The van der Waals surface area contributed by atoms with Gasteiger partial charge in [-0.25, -0.2) is 0 Å². The molecular weight excluding hydrogens is 330 g/mol. The van der Waals surface area contributed by atoms with Crippen LogP contribution in [0, 0.1) is 19.8 Å². The number of nitrogens with zero attached hydrogens (tertiary/aromatic N) is 3. The number of piperazine rings is 1. The number of carbonyl (C=O) groups is 2. The van der Waals surface area contributed by atoms with Gasteiger partial charge in [0.2, 0.25) is 11.8 Å². The second kappa shape index (κ2) is 8.18. The smallest absolute Gasteiger partial charge is 0.228 e. The molecule has 0 aliphatic carbocycles. The summed E-state index contributed by atoms with van der Waals surface area (Å²) in [5, 5.41) is 0. The molecule has 2 heterocycles. The molecule has 26 heavy (non-hydrogen) atoms. The summed E-state index contributed by atoms with van der Waals surface area (Å²) in [6.07, 6.45) is 0.315. The molecule has 2 amide bonds. The van der Waals surface area contributed by atoms with Crippen LogP contribution in [-0.4, -0.2) is 74.6 Å². The molecule has 0 spiro atoms. The van der Waals surface area contributed by atoms with E-state index in [4.69, 9.17) is 4.74 Å². The average molecular weight is 359 g/mol. The van der Waals surface area contributed by atoms with Crippen LogP contribution in [0.15, 0.2) is 18.2 Å². The molecule has 1 aromatic rings. The van der Waals surface area contributed by atoms with Crippen molar-refractivity contribution in [1.82, 2.24) is 9.80 Å². The highest BCUT2D eigenvalue weighted by atomic mass is 16.5. The van der Waals surface area contributed by atoms with Crippen LogP contribution in [0.2, 0.25) is 0 Å². The van der Waals surface area contributed by atoms with Crippen molar-refractivity contribution in [3.8, 4) is 0 Å². The number of carbonyl (C=O) groups excluding carboxylic acids is 2. The molecule has 142 valence electrons. The monoisotopic (exact) mass is 359 g/mol. The maximum Gasteiger partial charge on any atom is 0.228 e. The van der Waals surface area contributed by atoms with Crippen LogP contribution in [0.3, 0.4) is 0 Å². The van der Waals surface area contributed by atoms with Gasteiger partial charge in [-0.1, -0.05) is 6.07 Å². The summed E-state index contributed by atoms with van der Waals surface area (Å²) in [5.74, 6) is -0.0578. The molecule has 6 nitrogen and oxygen atoms in total. The molecule has 6 heteroatoms. The number of rotatable bonds is 5. The highest BCUT2D eigenvalue weighted by Gasteiger charge is 2.38. The number of aryl methyl sites for hydroxylation is 2. The number of methoxy groups -OCH3 is 1. The normalized spacial score (nSPS) is 21.5. The second-order valence-electron chi connectivity index (χ2n) is 7.41. The summed E-state index contributed by atoms with van der Waals surface area (Å²) in [7, 11) is 1.71. The summed E-state index contributed by atoms with van der Waals surface area (Å²) in [4.78, 5) is 31.4. The first-order chi connectivity index (χ1) is 12.5. The molecule has 1 aromatic carbocycles. The van der Waals surface area contributed by atoms with Gasteiger partial charge in [0.25, 0.3) is 0 Å². The molecule has 0 saturated carbocycles. The van der Waals surface area contributed by atoms with Gasteiger partial charge in [-0.05, 0) is 37.1 Å². The van der Waals surface area contributed by atoms with E-state index in [1.54, 1.807) is 12.0 Å². The third-order valence-corrected chi connectivity index (χ3v) is 5.29. The van der Waals surface area contributed by atoms with E-state index >= 15 is 0 Å². The van der Waals surface area contributed by atoms with Crippen LogP contribution < -0.4 is 4.90 Å². The minimum absolute atomic E-state index is 0.0482. The lowest BCUT2D eigenvalue weighted by Crippen LogP contribution is -2.51. The predicted octanol–water partition coefficient (Wildman–Crippen LogP) is 1.45. The lowest BCUT2D eigenvalue weighted by Gasteiger charge is -2.35. The van der Waals surface area contributed by atoms with Crippen molar-refractivity contribution in [3.63, 3.8) is 0 Å². The summed E-state index contributed by atoms with van der Waals surface area (Å²) >= 11 is 0. The molecule has 2 fully saturated rings. The van der Waals surface area contributed by atoms with E-state index in [1.807, 2.05) is 30.9 Å². The molecule has 3 rings (SSSR count). The number of anilines is 1. The molecule has 0 aromatic heterocycles. The summed E-state index contributed by atoms with van der Waals surface area (Å²) in [6, 6.07) is 6.13. The number of hydrogen-bond donors (Lipinski definition) is 0. The standard InChI is InChI=1S/C20H29N3O3/c1-15-10-16(2)12-18(11-15)23-14-17(13-19(23)24)20(25)22-6-4-21(5-7-22)8-9-26-3/h10-12,17H,4-9,13-14H2,1-3H3. The van der Waals surface area contributed by atoms with Crippen LogP contribution in [0.25, 0.3) is 0 Å². The Morgan fingerprint density at radius 1 is 1.12 bits per heavy atom. The van der Waals surface area contributed by atoms with Crippen molar-refractivity contribution in [2.24, 2.45) is 5.92 Å². The van der Waals surface area contributed by atoms with Gasteiger partial charge in [-0.15, -0.1) is 0 Å². The SMILES string of the molecule is COCCN1CCN(C(=O)C2CC(=O)N(c3cc(C)cc(C)c3)C2)CC1. The topological polar surface area (TPSA) is 53.1 Å². The van der Waals surface area contributed by atoms with Crippen LogP contribution in [0.1, 0.15) is 17.5 Å². The summed E-state index contributed by atoms with van der Waals surface area (Å²) in [5.41, 5.74) is 3.18. The van der Waals surface area contributed by atoms with Gasteiger partial charge in [-0.2, -0.15) is 0 Å². The molecule has 0 N–H and O–H groups in total. The molecular formula is C20H29N3O3. The Morgan fingerprint density at radius 3 is 2.38 bits per heavy atom. The van der Waals surface area contributed by atoms with Crippen molar-refractivity contribution in [2.45, 2.75) is 20.3 Å². The minimum atomic E-state index is -0.228. The summed E-state index contributed by atoms with van der Waals surface area (Å²) < 4.78 is 5.12. The zero-order valence-corrected chi connectivity index (χ0v) is 16.0. The maximum atomic E-state index is 12.9. The van der Waals surface area contributed by atoms with Crippen molar-refractivity contribution >= 4 is 17.5 Å². The zero-order chi connectivity index (χ0) is 18.7. The molecule has 0 bridgehead atoms. The number of hydrogen-bond acceptors (Lipinski definition) is 4. The Balaban J connectivity index is 1.59. The van der Waals surface area contributed by atoms with Crippen molar-refractivity contribution in [2.75, 3.05) is 57.9 Å². The van der Waals surface area contributed by atoms with E-state index < -0.39 is 0 Å². The molecule has 2 aliphatic heterocycles. The Kier molecular flexibility index (Phi) is 5.94. The van der Waals surface area contributed by atoms with Gasteiger partial charge < -0.3 is 14.5 Å². The molecule has 1 atom stereocenters. The van der Waals surface area contributed by atoms with E-state index in [-0.39, 0.29) is 17.7 Å². The Hall–Kier alpha value is -1.92. The van der Waals surface area contributed by atoms with E-state index in [9.17, 15) is 9.59 Å². The van der Waals surface area contributed by atoms with Crippen molar-refractivity contribution in [1.29, 1.82) is 0 Å². The average Bonchev–Trinajstić information content (AvgIpc) is 3.01. The van der Waals surface area contributed by atoms with Crippen LogP contribution in [-0.2, 0) is 14.3 Å². The van der Waals surface area contributed by atoms with E-state index in [0.29, 0.717) is 13.0 Å². The van der Waals surface area contributed by atoms with Gasteiger partial charge in [-0.3, -0.25) is 14.5 Å². The predicted molar refractivity (Wildman–Crippen MR) is 101 cm³/mol. The fourth-order valence-electron chi connectivity index (χ4n) is 3.90. The largest absolute Gasteiger partial charge is 0.383 e. The Morgan fingerprint density at radius 2 is 1.77 bits per heavy atom. The number of amides is 2. The van der Waals surface area contributed by atoms with E-state index in [0.717, 1.165) is 56.1 Å². The quantitative estimate of drug-likeness (QED) is 0.798. The van der Waals surface area contributed by atoms with Gasteiger partial charge >= 0.3 is 0 Å². The Bertz CT molecular complexity index is 648. The second-order valence-corrected chi connectivity index (χ2v) is 7.41. The third-order valence-electron chi connectivity index (χ3n) is 5.29.